The first-order valence-corrected chi connectivity index (χ1v) is 7.93. The molecule has 1 aromatic rings. The lowest BCUT2D eigenvalue weighted by atomic mass is 9.86. The monoisotopic (exact) mass is 356 g/mol. The van der Waals surface area contributed by atoms with Gasteiger partial charge in [0.25, 0.3) is 5.91 Å². The topological polar surface area (TPSA) is 119 Å². The molecule has 1 rings (SSSR count). The van der Waals surface area contributed by atoms with Gasteiger partial charge in [-0.05, 0) is 17.7 Å². The second-order valence-electron chi connectivity index (χ2n) is 6.47. The van der Waals surface area contributed by atoms with Gasteiger partial charge in [0, 0.05) is 24.9 Å². The van der Waals surface area contributed by atoms with Crippen LogP contribution in [0.25, 0.3) is 0 Å². The van der Waals surface area contributed by atoms with Crippen LogP contribution in [0.1, 0.15) is 25.8 Å². The molecule has 8 heteroatoms. The largest absolute Gasteiger partial charge is 0.396 e. The molecule has 0 saturated carbocycles. The van der Waals surface area contributed by atoms with Gasteiger partial charge in [0.2, 0.25) is 5.78 Å². The van der Waals surface area contributed by atoms with Gasteiger partial charge in [0.15, 0.2) is 0 Å². The molecule has 140 valence electrons. The Morgan fingerprint density at radius 1 is 1.20 bits per heavy atom. The van der Waals surface area contributed by atoms with E-state index in [-0.39, 0.29) is 31.9 Å². The summed E-state index contributed by atoms with van der Waals surface area (Å²) in [5.74, 6) is -1.85. The van der Waals surface area contributed by atoms with Gasteiger partial charge in [-0.15, -0.1) is 0 Å². The van der Waals surface area contributed by atoms with Crippen molar-refractivity contribution in [3.05, 3.63) is 35.6 Å². The number of Topliss-reactive ketones (excluding diaryl/α,β-unsaturated/α-hetero) is 1. The second-order valence-corrected chi connectivity index (χ2v) is 6.47. The molecule has 0 radical (unpaired) electrons. The van der Waals surface area contributed by atoms with E-state index in [4.69, 9.17) is 5.11 Å². The third-order valence-electron chi connectivity index (χ3n) is 3.83. The van der Waals surface area contributed by atoms with E-state index in [2.05, 4.69) is 10.6 Å². The molecule has 5 N–H and O–H groups in total. The molecule has 25 heavy (non-hydrogen) atoms. The first-order valence-electron chi connectivity index (χ1n) is 7.93. The lowest BCUT2D eigenvalue weighted by molar-refractivity contribution is -0.138. The maximum Gasteiger partial charge on any atom is 0.287 e. The lowest BCUT2D eigenvalue weighted by Gasteiger charge is -2.32. The molecule has 0 saturated heterocycles. The zero-order valence-corrected chi connectivity index (χ0v) is 14.3. The van der Waals surface area contributed by atoms with Crippen molar-refractivity contribution in [2.24, 2.45) is 5.41 Å². The van der Waals surface area contributed by atoms with Gasteiger partial charge in [0.1, 0.15) is 18.1 Å². The van der Waals surface area contributed by atoms with E-state index in [1.807, 2.05) is 0 Å². The highest BCUT2D eigenvalue weighted by Gasteiger charge is 2.32. The fourth-order valence-electron chi connectivity index (χ4n) is 1.96. The smallest absolute Gasteiger partial charge is 0.287 e. The van der Waals surface area contributed by atoms with E-state index in [0.717, 1.165) is 0 Å². The Labute approximate surface area is 145 Å². The number of carbonyl (C=O) groups excluding carboxylic acids is 2. The molecule has 0 aromatic heterocycles. The normalized spacial score (nSPS) is 14.0. The van der Waals surface area contributed by atoms with Crippen LogP contribution >= 0.6 is 0 Å². The van der Waals surface area contributed by atoms with Crippen LogP contribution in [0, 0.1) is 11.2 Å². The van der Waals surface area contributed by atoms with E-state index in [0.29, 0.717) is 5.56 Å². The lowest BCUT2D eigenvalue weighted by Crippen LogP contribution is -2.49. The predicted molar refractivity (Wildman–Crippen MR) is 88.8 cm³/mol. The highest BCUT2D eigenvalue weighted by atomic mass is 19.1. The van der Waals surface area contributed by atoms with Crippen molar-refractivity contribution >= 4 is 11.7 Å². The van der Waals surface area contributed by atoms with Crippen molar-refractivity contribution < 1.29 is 29.3 Å². The van der Waals surface area contributed by atoms with E-state index in [1.54, 1.807) is 13.8 Å². The maximum absolute atomic E-state index is 12.8. The summed E-state index contributed by atoms with van der Waals surface area (Å²) in [6.45, 7) is 2.93. The molecule has 0 aliphatic heterocycles. The molecule has 1 aromatic carbocycles. The van der Waals surface area contributed by atoms with Gasteiger partial charge in [-0.25, -0.2) is 4.39 Å². The Morgan fingerprint density at radius 3 is 2.36 bits per heavy atom. The molecule has 2 atom stereocenters. The van der Waals surface area contributed by atoms with Crippen LogP contribution in [-0.4, -0.2) is 52.5 Å². The van der Waals surface area contributed by atoms with Crippen LogP contribution in [0.5, 0.6) is 0 Å². The predicted octanol–water partition coefficient (Wildman–Crippen LogP) is -0.312. The van der Waals surface area contributed by atoms with Crippen LogP contribution in [0.2, 0.25) is 0 Å². The quantitative estimate of drug-likeness (QED) is 0.290. The molecule has 0 aliphatic carbocycles. The minimum atomic E-state index is -1.34. The van der Waals surface area contributed by atoms with Crippen molar-refractivity contribution in [2.45, 2.75) is 39.1 Å². The summed E-state index contributed by atoms with van der Waals surface area (Å²) >= 11 is 0. The number of aliphatic hydroxyl groups excluding tert-OH is 3. The van der Waals surface area contributed by atoms with Crippen LogP contribution in [-0.2, 0) is 16.1 Å². The number of amides is 1. The number of benzene rings is 1. The van der Waals surface area contributed by atoms with Crippen molar-refractivity contribution in [1.29, 1.82) is 0 Å². The van der Waals surface area contributed by atoms with Gasteiger partial charge in [-0.1, -0.05) is 26.0 Å². The fraction of sp³-hybridized carbons (Fsp3) is 0.529. The number of halogens is 1. The zero-order valence-electron chi connectivity index (χ0n) is 14.3. The maximum atomic E-state index is 12.8. The molecule has 7 nitrogen and oxygen atoms in total. The third-order valence-corrected chi connectivity index (χ3v) is 3.83. The van der Waals surface area contributed by atoms with E-state index < -0.39 is 29.4 Å². The average Bonchev–Trinajstić information content (AvgIpc) is 2.59. The Bertz CT molecular complexity index is 577. The first-order chi connectivity index (χ1) is 11.7. The Hall–Kier alpha value is -1.87. The average molecular weight is 356 g/mol. The van der Waals surface area contributed by atoms with Crippen molar-refractivity contribution in [3.63, 3.8) is 0 Å². The first kappa shape index (κ1) is 21.2. The van der Waals surface area contributed by atoms with E-state index in [9.17, 15) is 24.2 Å². The van der Waals surface area contributed by atoms with Crippen molar-refractivity contribution in [1.82, 2.24) is 10.6 Å². The molecule has 1 amide bonds. The number of hydrogen-bond donors (Lipinski definition) is 5. The number of carbonyl (C=O) groups is 2. The molecular formula is C17H25FN2O5. The van der Waals surface area contributed by atoms with Crippen molar-refractivity contribution in [3.8, 4) is 0 Å². The summed E-state index contributed by atoms with van der Waals surface area (Å²) < 4.78 is 12.8. The highest BCUT2D eigenvalue weighted by molar-refractivity contribution is 6.36. The summed E-state index contributed by atoms with van der Waals surface area (Å²) in [4.78, 5) is 23.4. The molecule has 1 unspecified atom stereocenters. The summed E-state index contributed by atoms with van der Waals surface area (Å²) in [5, 5.41) is 33.8. The Morgan fingerprint density at radius 2 is 1.80 bits per heavy atom. The summed E-state index contributed by atoms with van der Waals surface area (Å²) in [6.07, 6.45) is -2.74. The number of hydrogen-bond acceptors (Lipinski definition) is 6. The van der Waals surface area contributed by atoms with E-state index in [1.165, 1.54) is 24.3 Å². The molecule has 0 heterocycles. The number of rotatable bonds is 10. The van der Waals surface area contributed by atoms with Crippen LogP contribution in [0.4, 0.5) is 4.39 Å². The fourth-order valence-corrected chi connectivity index (χ4v) is 1.96. The Balaban J connectivity index is 2.33. The van der Waals surface area contributed by atoms with Gasteiger partial charge >= 0.3 is 0 Å². The number of ketones is 1. The minimum absolute atomic E-state index is 0.0114. The summed E-state index contributed by atoms with van der Waals surface area (Å²) in [7, 11) is 0. The zero-order chi connectivity index (χ0) is 19.0. The van der Waals surface area contributed by atoms with Crippen LogP contribution < -0.4 is 10.6 Å². The van der Waals surface area contributed by atoms with Gasteiger partial charge in [-0.3, -0.25) is 14.9 Å². The number of nitrogens with one attached hydrogen (secondary N) is 2. The molecule has 0 spiro atoms. The standard InChI is InChI=1S/C17H25FN2O5/c1-17(2,10-21)14(23)16(25)19-8-7-13(22)15(24)20-9-11-3-5-12(18)6-4-11/h3-6,14,16,19,21,23,25H,7-10H2,1-2H3,(H,20,24)/t14-,16?/m0/s1. The molecule has 0 fully saturated rings. The van der Waals surface area contributed by atoms with E-state index >= 15 is 0 Å². The second kappa shape index (κ2) is 9.57. The summed E-state index contributed by atoms with van der Waals surface area (Å²) in [5.41, 5.74) is -0.256. The SMILES string of the molecule is CC(C)(CO)[C@@H](O)C(O)NCCC(=O)C(=O)NCc1ccc(F)cc1. The summed E-state index contributed by atoms with van der Waals surface area (Å²) in [6, 6.07) is 5.52. The Kier molecular flexibility index (Phi) is 8.11. The third kappa shape index (κ3) is 6.87. The van der Waals surface area contributed by atoms with Gasteiger partial charge in [-0.2, -0.15) is 0 Å². The molecular weight excluding hydrogens is 331 g/mol. The number of aliphatic hydroxyl groups is 3. The van der Waals surface area contributed by atoms with Crippen molar-refractivity contribution in [2.75, 3.05) is 13.2 Å². The molecule has 0 aliphatic rings. The van der Waals surface area contributed by atoms with Crippen LogP contribution in [0.3, 0.4) is 0 Å². The minimum Gasteiger partial charge on any atom is -0.396 e. The van der Waals surface area contributed by atoms with Gasteiger partial charge in [0.05, 0.1) is 6.61 Å². The highest BCUT2D eigenvalue weighted by Crippen LogP contribution is 2.21. The van der Waals surface area contributed by atoms with Gasteiger partial charge < -0.3 is 20.6 Å². The molecule has 0 bridgehead atoms. The van der Waals surface area contributed by atoms with Crippen LogP contribution in [0.15, 0.2) is 24.3 Å².